The normalized spacial score (nSPS) is 24.0. The fraction of sp³-hybridized carbons (Fsp3) is 0.606. The molecule has 0 radical (unpaired) electrons. The van der Waals surface area contributed by atoms with Crippen LogP contribution in [0.1, 0.15) is 57.1 Å². The van der Waals surface area contributed by atoms with Crippen molar-refractivity contribution in [2.45, 2.75) is 77.3 Å². The molecule has 0 saturated carbocycles. The smallest absolute Gasteiger partial charge is 0.332 e. The Labute approximate surface area is 265 Å². The Bertz CT molecular complexity index is 1320. The van der Waals surface area contributed by atoms with Gasteiger partial charge >= 0.3 is 5.97 Å². The van der Waals surface area contributed by atoms with Crippen LogP contribution in [0.4, 0.5) is 10.1 Å². The first-order valence-electron chi connectivity index (χ1n) is 15.7. The number of morpholine rings is 1. The van der Waals surface area contributed by atoms with Crippen LogP contribution in [0.5, 0.6) is 0 Å². The third-order valence-corrected chi connectivity index (χ3v) is 8.79. The van der Waals surface area contributed by atoms with Crippen LogP contribution in [0.25, 0.3) is 0 Å². The third kappa shape index (κ3) is 8.84. The van der Waals surface area contributed by atoms with E-state index >= 15 is 0 Å². The number of carboxylic acid groups (broad SMARTS) is 1. The zero-order valence-electron chi connectivity index (χ0n) is 27.0. The molecule has 0 spiro atoms. The number of piperazine rings is 1. The van der Waals surface area contributed by atoms with E-state index < -0.39 is 12.1 Å². The first kappa shape index (κ1) is 34.9. The van der Waals surface area contributed by atoms with Crippen LogP contribution in [0.15, 0.2) is 30.3 Å². The van der Waals surface area contributed by atoms with Crippen LogP contribution in [0, 0.1) is 5.82 Å². The molecule has 12 heteroatoms. The summed E-state index contributed by atoms with van der Waals surface area (Å²) in [5.41, 5.74) is 3.72. The number of hydrogen-bond acceptors (Lipinski definition) is 9. The molecule has 248 valence electrons. The lowest BCUT2D eigenvalue weighted by atomic mass is 9.90. The number of carbonyl (C=O) groups excluding carboxylic acids is 1. The number of aromatic nitrogens is 1. The van der Waals surface area contributed by atoms with Crippen molar-refractivity contribution in [3.63, 3.8) is 0 Å². The van der Waals surface area contributed by atoms with Crippen molar-refractivity contribution in [2.24, 2.45) is 0 Å². The highest BCUT2D eigenvalue weighted by atomic mass is 19.1. The number of ether oxygens (including phenoxy) is 1. The molecule has 1 aromatic heterocycles. The molecule has 4 heterocycles. The summed E-state index contributed by atoms with van der Waals surface area (Å²) in [6, 6.07) is 9.31. The van der Waals surface area contributed by atoms with Gasteiger partial charge in [-0.2, -0.15) is 0 Å². The molecule has 2 saturated heterocycles. The number of anilines is 1. The van der Waals surface area contributed by atoms with Crippen molar-refractivity contribution in [2.75, 3.05) is 57.4 Å². The lowest BCUT2D eigenvalue weighted by molar-refractivity contribution is -0.145. The van der Waals surface area contributed by atoms with Gasteiger partial charge in [-0.3, -0.25) is 19.6 Å². The van der Waals surface area contributed by atoms with E-state index in [1.807, 2.05) is 11.0 Å². The van der Waals surface area contributed by atoms with Gasteiger partial charge in [0.25, 0.3) is 0 Å². The number of benzene rings is 1. The molecule has 3 aliphatic heterocycles. The standard InChI is InChI=1S/C30H42FN5O3.C3H6O3/c1-20-14-35(25(13-32-20)15-34-9-10-39-18-21(34)2)16-28(38)36-19-30(3,4)29-27(36)12-23(26(17-37)33-29)11-22-5-7-24(31)8-6-22;1-2(4)3(5)6/h5-8,12,20-21,25,32,37H,9-11,13-19H2,1-4H3;2,4H,1H3,(H,5,6)/t20-,21-,25-;2-/m11/s1. The van der Waals surface area contributed by atoms with Gasteiger partial charge in [-0.05, 0) is 56.5 Å². The average Bonchev–Trinajstić information content (AvgIpc) is 3.26. The van der Waals surface area contributed by atoms with E-state index in [4.69, 9.17) is 19.9 Å². The molecule has 2 fully saturated rings. The molecule has 11 nitrogen and oxygen atoms in total. The summed E-state index contributed by atoms with van der Waals surface area (Å²) in [4.78, 5) is 35.0. The monoisotopic (exact) mass is 629 g/mol. The summed E-state index contributed by atoms with van der Waals surface area (Å²) in [6.45, 7) is 15.5. The number of fused-ring (bicyclic) bond motifs is 1. The second-order valence-corrected chi connectivity index (χ2v) is 13.1. The van der Waals surface area contributed by atoms with Crippen molar-refractivity contribution in [1.82, 2.24) is 20.1 Å². The maximum absolute atomic E-state index is 13.9. The van der Waals surface area contributed by atoms with Gasteiger partial charge in [0.2, 0.25) is 5.91 Å². The predicted octanol–water partition coefficient (Wildman–Crippen LogP) is 1.76. The molecular weight excluding hydrogens is 581 g/mol. The molecule has 3 aliphatic rings. The van der Waals surface area contributed by atoms with Gasteiger partial charge in [0.1, 0.15) is 11.9 Å². The van der Waals surface area contributed by atoms with Gasteiger partial charge in [-0.15, -0.1) is 0 Å². The number of pyridine rings is 1. The molecule has 0 unspecified atom stereocenters. The van der Waals surface area contributed by atoms with Gasteiger partial charge in [-0.25, -0.2) is 9.18 Å². The zero-order chi connectivity index (χ0) is 32.9. The summed E-state index contributed by atoms with van der Waals surface area (Å²) in [7, 11) is 0. The third-order valence-electron chi connectivity index (χ3n) is 8.79. The molecule has 4 N–H and O–H groups in total. The number of rotatable bonds is 8. The first-order valence-corrected chi connectivity index (χ1v) is 15.7. The minimum atomic E-state index is -1.23. The van der Waals surface area contributed by atoms with Crippen LogP contribution >= 0.6 is 0 Å². The number of aliphatic carboxylic acids is 1. The molecular formula is C33H48FN5O6. The molecule has 2 aromatic rings. The van der Waals surface area contributed by atoms with Crippen LogP contribution < -0.4 is 10.2 Å². The second kappa shape index (κ2) is 15.1. The van der Waals surface area contributed by atoms with Crippen LogP contribution in [-0.4, -0.2) is 119 Å². The van der Waals surface area contributed by atoms with Crippen molar-refractivity contribution < 1.29 is 34.0 Å². The Morgan fingerprint density at radius 1 is 1.20 bits per heavy atom. The number of aliphatic hydroxyl groups excluding tert-OH is 2. The number of halogens is 1. The highest BCUT2D eigenvalue weighted by molar-refractivity contribution is 5.97. The van der Waals surface area contributed by atoms with Gasteiger partial charge in [0.05, 0.1) is 43.4 Å². The van der Waals surface area contributed by atoms with Crippen molar-refractivity contribution in [1.29, 1.82) is 0 Å². The SMILES string of the molecule is C[C@@H](O)C(=O)O.C[C@@H]1CN(CC(=O)N2CC(C)(C)c3nc(CO)c(Cc4ccc(F)cc4)cc32)[C@@H](CN2CCOC[C@H]2C)CN1. The summed E-state index contributed by atoms with van der Waals surface area (Å²) >= 11 is 0. The van der Waals surface area contributed by atoms with E-state index in [0.29, 0.717) is 37.3 Å². The highest BCUT2D eigenvalue weighted by Crippen LogP contribution is 2.41. The molecule has 45 heavy (non-hydrogen) atoms. The fourth-order valence-electron chi connectivity index (χ4n) is 6.14. The average molecular weight is 630 g/mol. The minimum Gasteiger partial charge on any atom is -0.479 e. The van der Waals surface area contributed by atoms with Gasteiger partial charge < -0.3 is 30.3 Å². The Balaban J connectivity index is 0.000000700. The van der Waals surface area contributed by atoms with E-state index in [0.717, 1.165) is 61.9 Å². The Morgan fingerprint density at radius 2 is 1.89 bits per heavy atom. The van der Waals surface area contributed by atoms with Gasteiger partial charge in [0, 0.05) is 56.3 Å². The molecule has 1 aromatic carbocycles. The van der Waals surface area contributed by atoms with Crippen molar-refractivity contribution >= 4 is 17.6 Å². The number of carbonyl (C=O) groups is 2. The number of carboxylic acids is 1. The lowest BCUT2D eigenvalue weighted by Gasteiger charge is -2.43. The number of nitrogens with zero attached hydrogens (tertiary/aromatic N) is 4. The topological polar surface area (TPSA) is 139 Å². The molecule has 1 amide bonds. The first-order chi connectivity index (χ1) is 21.3. The zero-order valence-corrected chi connectivity index (χ0v) is 27.0. The van der Waals surface area contributed by atoms with E-state index in [-0.39, 0.29) is 29.8 Å². The van der Waals surface area contributed by atoms with Crippen LogP contribution in [0.2, 0.25) is 0 Å². The minimum absolute atomic E-state index is 0.0715. The number of aliphatic hydroxyl groups is 2. The fourth-order valence-corrected chi connectivity index (χ4v) is 6.14. The van der Waals surface area contributed by atoms with E-state index in [9.17, 15) is 19.1 Å². The Morgan fingerprint density at radius 3 is 2.51 bits per heavy atom. The molecule has 0 aliphatic carbocycles. The summed E-state index contributed by atoms with van der Waals surface area (Å²) in [5.74, 6) is -1.40. The van der Waals surface area contributed by atoms with Gasteiger partial charge in [-0.1, -0.05) is 26.0 Å². The number of amides is 1. The molecule has 0 bridgehead atoms. The second-order valence-electron chi connectivity index (χ2n) is 13.1. The maximum Gasteiger partial charge on any atom is 0.332 e. The summed E-state index contributed by atoms with van der Waals surface area (Å²) in [5, 5.41) is 29.5. The van der Waals surface area contributed by atoms with Crippen molar-refractivity contribution in [3.8, 4) is 0 Å². The Kier molecular flexibility index (Phi) is 11.7. The van der Waals surface area contributed by atoms with Crippen LogP contribution in [-0.2, 0) is 32.8 Å². The summed E-state index contributed by atoms with van der Waals surface area (Å²) in [6.07, 6.45) is -0.724. The Hall–Kier alpha value is -3.00. The summed E-state index contributed by atoms with van der Waals surface area (Å²) < 4.78 is 19.1. The van der Waals surface area contributed by atoms with Gasteiger partial charge in [0.15, 0.2) is 0 Å². The largest absolute Gasteiger partial charge is 0.479 e. The number of hydrogen-bond donors (Lipinski definition) is 4. The molecule has 4 atom stereocenters. The lowest BCUT2D eigenvalue weighted by Crippen LogP contribution is -2.62. The highest BCUT2D eigenvalue weighted by Gasteiger charge is 2.41. The van der Waals surface area contributed by atoms with E-state index in [1.54, 1.807) is 12.1 Å². The molecule has 5 rings (SSSR count). The van der Waals surface area contributed by atoms with Crippen molar-refractivity contribution in [3.05, 3.63) is 58.7 Å². The van der Waals surface area contributed by atoms with Crippen LogP contribution in [0.3, 0.4) is 0 Å². The number of nitrogens with one attached hydrogen (secondary N) is 1. The quantitative estimate of drug-likeness (QED) is 0.342. The van der Waals surface area contributed by atoms with E-state index in [2.05, 4.69) is 42.8 Å². The van der Waals surface area contributed by atoms with E-state index in [1.165, 1.54) is 19.1 Å². The maximum atomic E-state index is 13.9. The predicted molar refractivity (Wildman–Crippen MR) is 169 cm³/mol.